The second kappa shape index (κ2) is 9.24. The fourth-order valence-electron chi connectivity index (χ4n) is 7.41. The zero-order valence-corrected chi connectivity index (χ0v) is 24.2. The van der Waals surface area contributed by atoms with E-state index in [1.165, 1.54) is 62.2 Å². The number of pyridine rings is 2. The Morgan fingerprint density at radius 1 is 0.805 bits per heavy atom. The summed E-state index contributed by atoms with van der Waals surface area (Å²) < 4.78 is 4.95. The van der Waals surface area contributed by atoms with Crippen LogP contribution in [0.25, 0.3) is 39.0 Å². The molecule has 2 aliphatic heterocycles. The average molecular weight is 533 g/mol. The van der Waals surface area contributed by atoms with Crippen LogP contribution in [0, 0.1) is 6.92 Å². The third-order valence-corrected chi connectivity index (χ3v) is 9.74. The number of aryl methyl sites for hydroxylation is 1. The first-order chi connectivity index (χ1) is 19.9. The van der Waals surface area contributed by atoms with Crippen molar-refractivity contribution in [3.05, 3.63) is 151 Å². The summed E-state index contributed by atoms with van der Waals surface area (Å²) in [6.07, 6.45) is 6.94. The molecular weight excluding hydrogens is 496 g/mol. The summed E-state index contributed by atoms with van der Waals surface area (Å²) in [5.74, 6) is 0. The van der Waals surface area contributed by atoms with Gasteiger partial charge in [-0.05, 0) is 54.0 Å². The molecule has 0 bridgehead atoms. The van der Waals surface area contributed by atoms with Crippen LogP contribution in [0.5, 0.6) is 0 Å². The van der Waals surface area contributed by atoms with Gasteiger partial charge in [-0.15, -0.1) is 0 Å². The molecule has 4 heterocycles. The molecular formula is C39H36N2+2. The van der Waals surface area contributed by atoms with Gasteiger partial charge in [0.25, 0.3) is 0 Å². The lowest BCUT2D eigenvalue weighted by Gasteiger charge is -2.26. The van der Waals surface area contributed by atoms with Crippen LogP contribution >= 0.6 is 0 Å². The Morgan fingerprint density at radius 2 is 1.61 bits per heavy atom. The first kappa shape index (κ1) is 25.4. The van der Waals surface area contributed by atoms with Crippen molar-refractivity contribution in [3.63, 3.8) is 0 Å². The Labute approximate surface area is 243 Å². The Morgan fingerprint density at radius 3 is 2.44 bits per heavy atom. The van der Waals surface area contributed by atoms with E-state index in [9.17, 15) is 0 Å². The molecule has 5 aromatic rings. The quantitative estimate of drug-likeness (QED) is 0.160. The number of benzene rings is 3. The Hall–Kier alpha value is -4.56. The zero-order valence-electron chi connectivity index (χ0n) is 24.2. The van der Waals surface area contributed by atoms with Crippen molar-refractivity contribution in [2.45, 2.75) is 44.7 Å². The van der Waals surface area contributed by atoms with E-state index in [0.29, 0.717) is 5.41 Å². The van der Waals surface area contributed by atoms with E-state index in [2.05, 4.69) is 140 Å². The number of rotatable bonds is 3. The van der Waals surface area contributed by atoms with Crippen LogP contribution in [-0.2, 0) is 17.5 Å². The number of aromatic nitrogens is 2. The summed E-state index contributed by atoms with van der Waals surface area (Å²) >= 11 is 0. The van der Waals surface area contributed by atoms with Crippen LogP contribution in [0.4, 0.5) is 0 Å². The van der Waals surface area contributed by atoms with Crippen LogP contribution < -0.4 is 9.13 Å². The van der Waals surface area contributed by atoms with Crippen molar-refractivity contribution < 1.29 is 9.13 Å². The van der Waals surface area contributed by atoms with Gasteiger partial charge in [-0.3, -0.25) is 0 Å². The Bertz CT molecular complexity index is 1930. The molecule has 0 spiro atoms. The van der Waals surface area contributed by atoms with Crippen LogP contribution in [0.1, 0.15) is 42.7 Å². The normalized spacial score (nSPS) is 20.9. The SMILES string of the molecule is C=C/C=C(\C=C)c1ccc2c(c1)-c1ccc3ccccc3[n+]1C2.Cc1cccc2[n+]1C1(C)CC1(C)c1ccccc1-2. The predicted molar refractivity (Wildman–Crippen MR) is 169 cm³/mol. The first-order valence-electron chi connectivity index (χ1n) is 14.5. The second-order valence-electron chi connectivity index (χ2n) is 12.0. The van der Waals surface area contributed by atoms with Crippen molar-refractivity contribution in [1.29, 1.82) is 0 Å². The number of para-hydroxylation sites is 1. The molecule has 0 N–H and O–H groups in total. The number of nitrogens with zero attached hydrogens (tertiary/aromatic N) is 2. The van der Waals surface area contributed by atoms with Gasteiger partial charge in [0.2, 0.25) is 16.9 Å². The number of hydrogen-bond donors (Lipinski definition) is 0. The molecule has 2 nitrogen and oxygen atoms in total. The molecule has 0 amide bonds. The molecule has 1 saturated carbocycles. The van der Waals surface area contributed by atoms with Gasteiger partial charge in [0.15, 0.2) is 17.8 Å². The maximum absolute atomic E-state index is 3.91. The molecule has 2 unspecified atom stereocenters. The minimum Gasteiger partial charge on any atom is -0.190 e. The maximum Gasteiger partial charge on any atom is 0.213 e. The van der Waals surface area contributed by atoms with Gasteiger partial charge in [0, 0.05) is 55.5 Å². The minimum atomic E-state index is 0.266. The number of hydrogen-bond acceptors (Lipinski definition) is 0. The maximum atomic E-state index is 3.91. The van der Waals surface area contributed by atoms with Gasteiger partial charge in [0.05, 0.1) is 16.5 Å². The summed E-state index contributed by atoms with van der Waals surface area (Å²) in [7, 11) is 0. The topological polar surface area (TPSA) is 7.76 Å². The Kier molecular flexibility index (Phi) is 5.73. The third-order valence-electron chi connectivity index (χ3n) is 9.74. The highest BCUT2D eigenvalue weighted by Gasteiger charge is 2.73. The lowest BCUT2D eigenvalue weighted by molar-refractivity contribution is -0.736. The Balaban J connectivity index is 0.000000139. The highest BCUT2D eigenvalue weighted by molar-refractivity contribution is 5.82. The highest BCUT2D eigenvalue weighted by Crippen LogP contribution is 2.63. The van der Waals surface area contributed by atoms with Crippen molar-refractivity contribution in [1.82, 2.24) is 0 Å². The average Bonchev–Trinajstić information content (AvgIpc) is 3.40. The second-order valence-corrected chi connectivity index (χ2v) is 12.0. The van der Waals surface area contributed by atoms with Crippen molar-refractivity contribution >= 4 is 16.5 Å². The van der Waals surface area contributed by atoms with Crippen molar-refractivity contribution in [2.24, 2.45) is 0 Å². The molecule has 200 valence electrons. The van der Waals surface area contributed by atoms with Crippen LogP contribution in [0.15, 0.2) is 128 Å². The minimum absolute atomic E-state index is 0.266. The molecule has 2 heteroatoms. The summed E-state index contributed by atoms with van der Waals surface area (Å²) in [5.41, 5.74) is 13.8. The van der Waals surface area contributed by atoms with Crippen molar-refractivity contribution in [2.75, 3.05) is 0 Å². The summed E-state index contributed by atoms with van der Waals surface area (Å²) in [4.78, 5) is 0. The van der Waals surface area contributed by atoms with Crippen LogP contribution in [-0.4, -0.2) is 0 Å². The van der Waals surface area contributed by atoms with E-state index in [4.69, 9.17) is 0 Å². The molecule has 0 radical (unpaired) electrons. The molecule has 3 aliphatic rings. The van der Waals surface area contributed by atoms with E-state index in [1.807, 2.05) is 12.2 Å². The van der Waals surface area contributed by atoms with Gasteiger partial charge in [-0.1, -0.05) is 73.9 Å². The molecule has 1 fully saturated rings. The molecule has 2 atom stereocenters. The number of fused-ring (bicyclic) bond motifs is 11. The molecule has 41 heavy (non-hydrogen) atoms. The predicted octanol–water partition coefficient (Wildman–Crippen LogP) is 8.25. The summed E-state index contributed by atoms with van der Waals surface area (Å²) in [6.45, 7) is 15.7. The smallest absolute Gasteiger partial charge is 0.190 e. The van der Waals surface area contributed by atoms with Crippen LogP contribution in [0.3, 0.4) is 0 Å². The molecule has 8 rings (SSSR count). The monoisotopic (exact) mass is 532 g/mol. The summed E-state index contributed by atoms with van der Waals surface area (Å²) in [6, 6.07) is 35.2. The highest BCUT2D eigenvalue weighted by atomic mass is 15.2. The van der Waals surface area contributed by atoms with E-state index in [0.717, 1.165) is 12.1 Å². The molecule has 3 aromatic carbocycles. The van der Waals surface area contributed by atoms with Crippen molar-refractivity contribution in [3.8, 4) is 22.5 Å². The number of allylic oxidation sites excluding steroid dienone is 4. The van der Waals surface area contributed by atoms with Gasteiger partial charge in [-0.25, -0.2) is 0 Å². The van der Waals surface area contributed by atoms with Gasteiger partial charge in [-0.2, -0.15) is 9.13 Å². The first-order valence-corrected chi connectivity index (χ1v) is 14.5. The lowest BCUT2D eigenvalue weighted by Crippen LogP contribution is -2.54. The van der Waals surface area contributed by atoms with Gasteiger partial charge >= 0.3 is 0 Å². The van der Waals surface area contributed by atoms with Gasteiger partial charge < -0.3 is 0 Å². The molecule has 0 saturated heterocycles. The lowest BCUT2D eigenvalue weighted by atomic mass is 9.84. The molecule has 2 aromatic heterocycles. The molecule has 1 aliphatic carbocycles. The summed E-state index contributed by atoms with van der Waals surface area (Å²) in [5, 5.41) is 1.28. The zero-order chi connectivity index (χ0) is 28.4. The third kappa shape index (κ3) is 3.70. The fourth-order valence-corrected chi connectivity index (χ4v) is 7.41. The van der Waals surface area contributed by atoms with E-state index in [-0.39, 0.29) is 5.54 Å². The standard InChI is InChI=1S/C22H18N.C17H18N/c1-3-7-16(4-2)18-10-11-19-15-23-21-9-6-5-8-17(21)12-13-22(23)20(19)14-18;1-12-7-6-10-15-13-8-4-5-9-14(13)16(2)11-17(16,3)18(12)15/h3-14H,1-2,15H2;4-10H,11H2,1-3H3/q2*+1/b16-7+;. The van der Waals surface area contributed by atoms with Crippen LogP contribution in [0.2, 0.25) is 0 Å². The van der Waals surface area contributed by atoms with E-state index < -0.39 is 0 Å². The van der Waals surface area contributed by atoms with Gasteiger partial charge in [0.1, 0.15) is 0 Å². The largest absolute Gasteiger partial charge is 0.213 e. The fraction of sp³-hybridized carbons (Fsp3) is 0.179. The van der Waals surface area contributed by atoms with E-state index >= 15 is 0 Å². The van der Waals surface area contributed by atoms with E-state index in [1.54, 1.807) is 6.08 Å².